The third-order valence-electron chi connectivity index (χ3n) is 5.22. The van der Waals surface area contributed by atoms with Crippen molar-refractivity contribution >= 4 is 38.4 Å². The van der Waals surface area contributed by atoms with Gasteiger partial charge in [0.15, 0.2) is 6.61 Å². The Hall–Kier alpha value is -4.17. The number of Topliss-reactive ketones (excluding diaryl/α,β-unsaturated/α-hetero) is 1. The summed E-state index contributed by atoms with van der Waals surface area (Å²) in [6, 6.07) is 21.5. The van der Waals surface area contributed by atoms with Gasteiger partial charge in [-0.1, -0.05) is 48.5 Å². The van der Waals surface area contributed by atoms with E-state index in [4.69, 9.17) is 4.74 Å². The molecule has 0 spiro atoms. The molecule has 0 saturated heterocycles. The van der Waals surface area contributed by atoms with Gasteiger partial charge in [-0.05, 0) is 36.4 Å². The van der Waals surface area contributed by atoms with E-state index < -0.39 is 22.6 Å². The maximum atomic E-state index is 13.3. The van der Waals surface area contributed by atoms with Crippen molar-refractivity contribution in [3.05, 3.63) is 109 Å². The number of hydrogen-bond donors (Lipinski definition) is 1. The molecule has 1 N–H and O–H groups in total. The molecule has 0 atom stereocenters. The molecule has 0 unspecified atom stereocenters. The van der Waals surface area contributed by atoms with E-state index in [0.717, 1.165) is 10.9 Å². The summed E-state index contributed by atoms with van der Waals surface area (Å²) in [5.74, 6) is -1.16. The first-order valence-electron chi connectivity index (χ1n) is 10.5. The molecule has 0 aliphatic heterocycles. The topological polar surface area (TPSA) is 96.5 Å². The van der Waals surface area contributed by atoms with Gasteiger partial charge in [0, 0.05) is 22.7 Å². The summed E-state index contributed by atoms with van der Waals surface area (Å²) in [6.07, 6.45) is 3.06. The number of ketones is 1. The second-order valence-corrected chi connectivity index (χ2v) is 9.30. The van der Waals surface area contributed by atoms with Crippen LogP contribution < -0.4 is 4.31 Å². The highest BCUT2D eigenvalue weighted by Crippen LogP contribution is 2.24. The van der Waals surface area contributed by atoms with Gasteiger partial charge in [0.25, 0.3) is 10.0 Å². The fourth-order valence-electron chi connectivity index (χ4n) is 3.56. The van der Waals surface area contributed by atoms with Gasteiger partial charge in [0.05, 0.1) is 22.7 Å². The maximum Gasteiger partial charge on any atom is 0.338 e. The highest BCUT2D eigenvalue weighted by molar-refractivity contribution is 7.92. The molecule has 0 aliphatic carbocycles. The monoisotopic (exact) mass is 474 g/mol. The zero-order valence-corrected chi connectivity index (χ0v) is 19.0. The van der Waals surface area contributed by atoms with Crippen LogP contribution in [0.2, 0.25) is 0 Å². The Morgan fingerprint density at radius 3 is 2.47 bits per heavy atom. The largest absolute Gasteiger partial charge is 0.454 e. The van der Waals surface area contributed by atoms with Crippen LogP contribution in [0.15, 0.2) is 103 Å². The number of fused-ring (bicyclic) bond motifs is 1. The first kappa shape index (κ1) is 23.0. The Bertz CT molecular complexity index is 1460. The Kier molecular flexibility index (Phi) is 6.60. The van der Waals surface area contributed by atoms with Crippen molar-refractivity contribution in [1.82, 2.24) is 4.98 Å². The van der Waals surface area contributed by atoms with Gasteiger partial charge in [-0.25, -0.2) is 13.2 Å². The Morgan fingerprint density at radius 1 is 0.971 bits per heavy atom. The number of ether oxygens (including phenoxy) is 1. The summed E-state index contributed by atoms with van der Waals surface area (Å²) in [7, 11) is -3.98. The minimum Gasteiger partial charge on any atom is -0.454 e. The molecular weight excluding hydrogens is 452 g/mol. The van der Waals surface area contributed by atoms with Crippen molar-refractivity contribution in [3.8, 4) is 0 Å². The summed E-state index contributed by atoms with van der Waals surface area (Å²) in [4.78, 5) is 28.1. The number of nitrogens with zero attached hydrogens (tertiary/aromatic N) is 1. The summed E-state index contributed by atoms with van der Waals surface area (Å²) in [6.45, 7) is 3.23. The molecule has 0 amide bonds. The van der Waals surface area contributed by atoms with Crippen molar-refractivity contribution < 1.29 is 22.7 Å². The summed E-state index contributed by atoms with van der Waals surface area (Å²) < 4.78 is 33.0. The second kappa shape index (κ2) is 9.76. The average molecular weight is 475 g/mol. The number of para-hydroxylation sites is 2. The van der Waals surface area contributed by atoms with Crippen LogP contribution in [0.4, 0.5) is 5.69 Å². The molecule has 0 radical (unpaired) electrons. The quantitative estimate of drug-likeness (QED) is 0.217. The van der Waals surface area contributed by atoms with E-state index in [1.165, 1.54) is 34.6 Å². The van der Waals surface area contributed by atoms with E-state index in [2.05, 4.69) is 11.6 Å². The first-order chi connectivity index (χ1) is 16.4. The lowest BCUT2D eigenvalue weighted by molar-refractivity contribution is 0.0475. The number of rotatable bonds is 9. The smallest absolute Gasteiger partial charge is 0.338 e. The lowest BCUT2D eigenvalue weighted by Gasteiger charge is -2.23. The van der Waals surface area contributed by atoms with Crippen LogP contribution in [-0.4, -0.2) is 38.3 Å². The van der Waals surface area contributed by atoms with Gasteiger partial charge in [0.2, 0.25) is 5.78 Å². The SMILES string of the molecule is C=CCN(c1ccccc1)S(=O)(=O)c1cccc(C(=O)OCC(=O)c2c[nH]c3ccccc23)c1. The predicted molar refractivity (Wildman–Crippen MR) is 131 cm³/mol. The van der Waals surface area contributed by atoms with E-state index in [1.54, 1.807) is 42.6 Å². The van der Waals surface area contributed by atoms with Crippen LogP contribution in [0.25, 0.3) is 10.9 Å². The molecule has 3 aromatic carbocycles. The van der Waals surface area contributed by atoms with Crippen molar-refractivity contribution in [3.63, 3.8) is 0 Å². The van der Waals surface area contributed by atoms with Crippen molar-refractivity contribution in [1.29, 1.82) is 0 Å². The predicted octanol–water partition coefficient (Wildman–Crippen LogP) is 4.59. The van der Waals surface area contributed by atoms with Crippen LogP contribution in [0, 0.1) is 0 Å². The number of H-pyrrole nitrogens is 1. The molecule has 172 valence electrons. The number of aromatic amines is 1. The van der Waals surface area contributed by atoms with Gasteiger partial charge >= 0.3 is 5.97 Å². The van der Waals surface area contributed by atoms with Gasteiger partial charge in [-0.2, -0.15) is 0 Å². The molecule has 0 fully saturated rings. The Balaban J connectivity index is 1.52. The highest BCUT2D eigenvalue weighted by atomic mass is 32.2. The average Bonchev–Trinajstić information content (AvgIpc) is 3.30. The van der Waals surface area contributed by atoms with Crippen molar-refractivity contribution in [2.45, 2.75) is 4.90 Å². The standard InChI is InChI=1S/C26H22N2O5S/c1-2-15-28(20-10-4-3-5-11-20)34(31,32)21-12-8-9-19(16-21)26(30)33-18-25(29)23-17-27-24-14-7-6-13-22(23)24/h2-14,16-17,27H,1,15,18H2. The molecule has 0 aliphatic rings. The molecule has 7 nitrogen and oxygen atoms in total. The number of esters is 1. The number of carbonyl (C=O) groups is 2. The van der Waals surface area contributed by atoms with Crippen molar-refractivity contribution in [2.24, 2.45) is 0 Å². The Labute approximate surface area is 197 Å². The summed E-state index contributed by atoms with van der Waals surface area (Å²) in [5, 5.41) is 0.736. The number of carbonyl (C=O) groups excluding carboxylic acids is 2. The first-order valence-corrected chi connectivity index (χ1v) is 11.9. The zero-order chi connectivity index (χ0) is 24.1. The van der Waals surface area contributed by atoms with Crippen LogP contribution in [0.1, 0.15) is 20.7 Å². The molecule has 1 aromatic heterocycles. The van der Waals surface area contributed by atoms with E-state index in [1.807, 2.05) is 18.2 Å². The number of hydrogen-bond acceptors (Lipinski definition) is 5. The minimum atomic E-state index is -3.98. The lowest BCUT2D eigenvalue weighted by Crippen LogP contribution is -2.31. The minimum absolute atomic E-state index is 0.0272. The molecule has 4 aromatic rings. The van der Waals surface area contributed by atoms with E-state index in [9.17, 15) is 18.0 Å². The van der Waals surface area contributed by atoms with Gasteiger partial charge in [-0.15, -0.1) is 6.58 Å². The van der Waals surface area contributed by atoms with Crippen LogP contribution in [0.5, 0.6) is 0 Å². The zero-order valence-electron chi connectivity index (χ0n) is 18.2. The molecular formula is C26H22N2O5S. The summed E-state index contributed by atoms with van der Waals surface area (Å²) >= 11 is 0. The fourth-order valence-corrected chi connectivity index (χ4v) is 5.04. The molecule has 8 heteroatoms. The lowest BCUT2D eigenvalue weighted by atomic mass is 10.1. The van der Waals surface area contributed by atoms with Gasteiger partial charge < -0.3 is 9.72 Å². The van der Waals surface area contributed by atoms with Crippen LogP contribution in [0.3, 0.4) is 0 Å². The van der Waals surface area contributed by atoms with Crippen LogP contribution >= 0.6 is 0 Å². The molecule has 1 heterocycles. The fraction of sp³-hybridized carbons (Fsp3) is 0.0769. The van der Waals surface area contributed by atoms with E-state index >= 15 is 0 Å². The molecule has 4 rings (SSSR count). The highest BCUT2D eigenvalue weighted by Gasteiger charge is 2.25. The summed E-state index contributed by atoms with van der Waals surface area (Å²) in [5.41, 5.74) is 1.72. The third kappa shape index (κ3) is 4.62. The van der Waals surface area contributed by atoms with Gasteiger partial charge in [0.1, 0.15) is 0 Å². The number of benzene rings is 3. The maximum absolute atomic E-state index is 13.3. The molecule has 0 saturated carbocycles. The van der Waals surface area contributed by atoms with Crippen LogP contribution in [-0.2, 0) is 14.8 Å². The third-order valence-corrected chi connectivity index (χ3v) is 7.01. The number of anilines is 1. The number of sulfonamides is 1. The van der Waals surface area contributed by atoms with Gasteiger partial charge in [-0.3, -0.25) is 9.10 Å². The number of nitrogens with one attached hydrogen (secondary N) is 1. The molecule has 0 bridgehead atoms. The molecule has 34 heavy (non-hydrogen) atoms. The second-order valence-electron chi connectivity index (χ2n) is 7.44. The van der Waals surface area contributed by atoms with E-state index in [0.29, 0.717) is 11.3 Å². The van der Waals surface area contributed by atoms with Crippen molar-refractivity contribution in [2.75, 3.05) is 17.5 Å². The number of aromatic nitrogens is 1. The Morgan fingerprint density at radius 2 is 1.71 bits per heavy atom. The van der Waals surface area contributed by atoms with E-state index in [-0.39, 0.29) is 22.8 Å². The normalized spacial score (nSPS) is 11.2.